The van der Waals surface area contributed by atoms with Gasteiger partial charge in [-0.15, -0.1) is 0 Å². The summed E-state index contributed by atoms with van der Waals surface area (Å²) < 4.78 is 16.9. The topological polar surface area (TPSA) is 78.9 Å². The third-order valence-electron chi connectivity index (χ3n) is 14.8. The molecule has 81 heavy (non-hydrogen) atoms. The number of hydrogen-bond acceptors (Lipinski definition) is 6. The van der Waals surface area contributed by atoms with E-state index in [1.165, 1.54) is 154 Å². The van der Waals surface area contributed by atoms with Crippen LogP contribution < -0.4 is 0 Å². The van der Waals surface area contributed by atoms with Crippen molar-refractivity contribution in [3.8, 4) is 0 Å². The van der Waals surface area contributed by atoms with Gasteiger partial charge < -0.3 is 14.2 Å². The molecule has 6 nitrogen and oxygen atoms in total. The summed E-state index contributed by atoms with van der Waals surface area (Å²) in [6.45, 7) is 6.54. The van der Waals surface area contributed by atoms with Crippen molar-refractivity contribution >= 4 is 17.9 Å². The summed E-state index contributed by atoms with van der Waals surface area (Å²) in [5, 5.41) is 0. The molecule has 0 aliphatic heterocycles. The molecule has 464 valence electrons. The summed E-state index contributed by atoms with van der Waals surface area (Å²) in [6, 6.07) is 0. The van der Waals surface area contributed by atoms with Crippen LogP contribution in [-0.4, -0.2) is 37.2 Å². The molecule has 6 heteroatoms. The first-order valence-corrected chi connectivity index (χ1v) is 34.4. The molecule has 0 aliphatic rings. The van der Waals surface area contributed by atoms with Crippen molar-refractivity contribution in [3.05, 3.63) is 109 Å². The van der Waals surface area contributed by atoms with E-state index in [4.69, 9.17) is 14.2 Å². The summed E-state index contributed by atoms with van der Waals surface area (Å²) in [6.07, 6.45) is 93.9. The Bertz CT molecular complexity index is 1620. The highest BCUT2D eigenvalue weighted by Crippen LogP contribution is 2.17. The Labute approximate surface area is 501 Å². The van der Waals surface area contributed by atoms with E-state index in [0.29, 0.717) is 19.3 Å². The quantitative estimate of drug-likeness (QED) is 0.0261. The molecule has 0 fully saturated rings. The van der Waals surface area contributed by atoms with Crippen LogP contribution in [-0.2, 0) is 28.6 Å². The number of esters is 3. The van der Waals surface area contributed by atoms with E-state index in [1.54, 1.807) is 0 Å². The third-order valence-corrected chi connectivity index (χ3v) is 14.8. The van der Waals surface area contributed by atoms with Crippen LogP contribution in [0.3, 0.4) is 0 Å². The van der Waals surface area contributed by atoms with Crippen LogP contribution in [0.5, 0.6) is 0 Å². The smallest absolute Gasteiger partial charge is 0.306 e. The van der Waals surface area contributed by atoms with E-state index in [9.17, 15) is 14.4 Å². The highest BCUT2D eigenvalue weighted by molar-refractivity contribution is 5.71. The number of carbonyl (C=O) groups excluding carboxylic acids is 3. The zero-order valence-corrected chi connectivity index (χ0v) is 53.3. The van der Waals surface area contributed by atoms with Crippen LogP contribution >= 0.6 is 0 Å². The van der Waals surface area contributed by atoms with Gasteiger partial charge in [-0.2, -0.15) is 0 Å². The van der Waals surface area contributed by atoms with E-state index in [1.807, 2.05) is 0 Å². The van der Waals surface area contributed by atoms with Crippen molar-refractivity contribution < 1.29 is 28.6 Å². The van der Waals surface area contributed by atoms with Crippen molar-refractivity contribution in [2.75, 3.05) is 13.2 Å². The number of rotatable bonds is 62. The summed E-state index contributed by atoms with van der Waals surface area (Å²) in [5.41, 5.74) is 0. The first-order valence-electron chi connectivity index (χ1n) is 34.4. The molecule has 0 saturated heterocycles. The molecule has 0 amide bonds. The lowest BCUT2D eigenvalue weighted by Gasteiger charge is -2.18. The molecular formula is C75H128O6. The van der Waals surface area contributed by atoms with Crippen LogP contribution in [0.2, 0.25) is 0 Å². The number of hydrogen-bond donors (Lipinski definition) is 0. The first-order chi connectivity index (χ1) is 40.0. The minimum Gasteiger partial charge on any atom is -0.462 e. The van der Waals surface area contributed by atoms with Crippen LogP contribution in [0.25, 0.3) is 0 Å². The van der Waals surface area contributed by atoms with Crippen molar-refractivity contribution in [1.29, 1.82) is 0 Å². The molecule has 0 N–H and O–H groups in total. The van der Waals surface area contributed by atoms with Crippen molar-refractivity contribution in [1.82, 2.24) is 0 Å². The molecule has 0 aromatic rings. The molecule has 0 saturated carbocycles. The molecule has 0 aromatic heterocycles. The third kappa shape index (κ3) is 66.8. The molecule has 0 radical (unpaired) electrons. The largest absolute Gasteiger partial charge is 0.462 e. The number of unbranched alkanes of at least 4 members (excludes halogenated alkanes) is 33. The second-order valence-corrected chi connectivity index (χ2v) is 22.7. The van der Waals surface area contributed by atoms with Gasteiger partial charge in [0, 0.05) is 19.3 Å². The average molecular weight is 1130 g/mol. The van der Waals surface area contributed by atoms with Crippen LogP contribution in [0.15, 0.2) is 109 Å². The Kier molecular flexibility index (Phi) is 65.2. The van der Waals surface area contributed by atoms with Gasteiger partial charge >= 0.3 is 17.9 Å². The molecule has 0 heterocycles. The van der Waals surface area contributed by atoms with Gasteiger partial charge in [0.2, 0.25) is 0 Å². The summed E-state index contributed by atoms with van der Waals surface area (Å²) in [4.78, 5) is 38.3. The maximum Gasteiger partial charge on any atom is 0.306 e. The fourth-order valence-electron chi connectivity index (χ4n) is 9.67. The minimum absolute atomic E-state index is 0.0797. The SMILES string of the molecule is CC/C=C\C/C=C\C/C=C\C/C=C\C/C=C\C/C=C\C/C=C\C/C=C\C/C=C\CCCCCCCC(=O)OCC(COC(=O)CCCCCCCCCCCCCC)OC(=O)CCCCCCCCCCCCCCCCCCCC. The van der Waals surface area contributed by atoms with Crippen molar-refractivity contribution in [2.24, 2.45) is 0 Å². The molecule has 0 aromatic carbocycles. The first kappa shape index (κ1) is 77.1. The summed E-state index contributed by atoms with van der Waals surface area (Å²) in [7, 11) is 0. The van der Waals surface area contributed by atoms with E-state index < -0.39 is 6.10 Å². The zero-order chi connectivity index (χ0) is 58.5. The van der Waals surface area contributed by atoms with Gasteiger partial charge in [-0.3, -0.25) is 14.4 Å². The maximum atomic E-state index is 12.9. The Morgan fingerprint density at radius 2 is 0.481 bits per heavy atom. The van der Waals surface area contributed by atoms with Crippen molar-refractivity contribution in [3.63, 3.8) is 0 Å². The summed E-state index contributed by atoms with van der Waals surface area (Å²) in [5.74, 6) is -0.885. The minimum atomic E-state index is -0.784. The van der Waals surface area contributed by atoms with Gasteiger partial charge in [0.15, 0.2) is 6.10 Å². The Morgan fingerprint density at radius 3 is 0.753 bits per heavy atom. The lowest BCUT2D eigenvalue weighted by molar-refractivity contribution is -0.167. The van der Waals surface area contributed by atoms with Gasteiger partial charge in [0.25, 0.3) is 0 Å². The van der Waals surface area contributed by atoms with Gasteiger partial charge in [-0.25, -0.2) is 0 Å². The fraction of sp³-hybridized carbons (Fsp3) is 0.720. The Balaban J connectivity index is 4.29. The van der Waals surface area contributed by atoms with Crippen LogP contribution in [0.1, 0.15) is 329 Å². The average Bonchev–Trinajstić information content (AvgIpc) is 3.47. The lowest BCUT2D eigenvalue weighted by Crippen LogP contribution is -2.30. The van der Waals surface area contributed by atoms with Crippen LogP contribution in [0, 0.1) is 0 Å². The number of carbonyl (C=O) groups is 3. The maximum absolute atomic E-state index is 12.9. The van der Waals surface area contributed by atoms with E-state index in [0.717, 1.165) is 135 Å². The highest BCUT2D eigenvalue weighted by atomic mass is 16.6. The lowest BCUT2D eigenvalue weighted by atomic mass is 10.0. The normalized spacial score (nSPS) is 12.8. The summed E-state index contributed by atoms with van der Waals surface area (Å²) >= 11 is 0. The molecule has 1 atom stereocenters. The van der Waals surface area contributed by atoms with Crippen LogP contribution in [0.4, 0.5) is 0 Å². The van der Waals surface area contributed by atoms with E-state index >= 15 is 0 Å². The molecule has 0 bridgehead atoms. The van der Waals surface area contributed by atoms with E-state index in [2.05, 4.69) is 130 Å². The van der Waals surface area contributed by atoms with Gasteiger partial charge in [0.1, 0.15) is 13.2 Å². The van der Waals surface area contributed by atoms with Crippen molar-refractivity contribution in [2.45, 2.75) is 335 Å². The second kappa shape index (κ2) is 68.6. The second-order valence-electron chi connectivity index (χ2n) is 22.7. The van der Waals surface area contributed by atoms with Gasteiger partial charge in [-0.05, 0) is 89.9 Å². The molecule has 1 unspecified atom stereocenters. The highest BCUT2D eigenvalue weighted by Gasteiger charge is 2.19. The predicted molar refractivity (Wildman–Crippen MR) is 353 cm³/mol. The Morgan fingerprint density at radius 1 is 0.259 bits per heavy atom. The van der Waals surface area contributed by atoms with E-state index in [-0.39, 0.29) is 31.1 Å². The standard InChI is InChI=1S/C75H128O6/c1-4-7-10-13-16-19-22-25-27-29-31-32-33-34-35-36-37-38-39-40-41-42-43-44-45-47-48-50-53-56-59-62-65-68-74(77)80-71-72(70-79-73(76)67-64-61-58-55-52-24-21-18-15-12-9-6-3)81-75(78)69-66-63-60-57-54-51-49-46-30-28-26-23-20-17-14-11-8-5-2/h7,10,16,19,25,27,31-32,34-35,37-38,40-41,43-44,47-48,72H,4-6,8-9,11-15,17-18,20-24,26,28-30,33,36,39,42,45-46,49-71H2,1-3H3/b10-7-,19-16-,27-25-,32-31-,35-34-,38-37-,41-40-,44-43-,48-47-. The zero-order valence-electron chi connectivity index (χ0n) is 53.3. The molecule has 0 aliphatic carbocycles. The fourth-order valence-corrected chi connectivity index (χ4v) is 9.67. The Hall–Kier alpha value is -3.93. The molecular weight excluding hydrogens is 997 g/mol. The monoisotopic (exact) mass is 1120 g/mol. The van der Waals surface area contributed by atoms with Gasteiger partial charge in [0.05, 0.1) is 0 Å². The number of ether oxygens (including phenoxy) is 3. The molecule has 0 spiro atoms. The number of allylic oxidation sites excluding steroid dienone is 18. The predicted octanol–water partition coefficient (Wildman–Crippen LogP) is 23.8. The molecule has 0 rings (SSSR count). The van der Waals surface area contributed by atoms with Gasteiger partial charge in [-0.1, -0.05) is 329 Å².